The van der Waals surface area contributed by atoms with E-state index in [0.29, 0.717) is 0 Å². The second kappa shape index (κ2) is 11.5. The topological polar surface area (TPSA) is 3.24 Å². The zero-order chi connectivity index (χ0) is 17.1. The average Bonchev–Trinajstić information content (AvgIpc) is 2.58. The minimum atomic E-state index is -0.194. The lowest BCUT2D eigenvalue weighted by molar-refractivity contribution is 0.321. The van der Waals surface area contributed by atoms with Gasteiger partial charge in [-0.15, -0.1) is 11.8 Å². The van der Waals surface area contributed by atoms with Crippen LogP contribution in [0.1, 0.15) is 26.3 Å². The molecule has 0 heterocycles. The lowest BCUT2D eigenvalue weighted by Gasteiger charge is -2.13. The van der Waals surface area contributed by atoms with E-state index >= 15 is 0 Å². The molecule has 0 aromatic heterocycles. The maximum atomic E-state index is 12.7. The SMILES string of the molecule is CCN(CC)CC.Fc1ccc(CSc2ccc(Cl)cc2)cc1. The van der Waals surface area contributed by atoms with Gasteiger partial charge in [-0.05, 0) is 61.6 Å². The Morgan fingerprint density at radius 2 is 1.39 bits per heavy atom. The second-order valence-corrected chi connectivity index (χ2v) is 6.47. The molecular formula is C19H25ClFNS. The molecule has 126 valence electrons. The second-order valence-electron chi connectivity index (χ2n) is 4.99. The molecule has 0 bridgehead atoms. The molecule has 0 unspecified atom stereocenters. The highest BCUT2D eigenvalue weighted by Gasteiger charge is 1.97. The Balaban J connectivity index is 0.000000322. The molecule has 0 aliphatic carbocycles. The first-order chi connectivity index (χ1) is 11.1. The van der Waals surface area contributed by atoms with E-state index in [0.717, 1.165) is 21.2 Å². The Bertz CT molecular complexity index is 487. The monoisotopic (exact) mass is 353 g/mol. The van der Waals surface area contributed by atoms with Gasteiger partial charge in [-0.1, -0.05) is 44.5 Å². The number of hydrogen-bond acceptors (Lipinski definition) is 2. The van der Waals surface area contributed by atoms with Crippen molar-refractivity contribution in [1.82, 2.24) is 4.90 Å². The van der Waals surface area contributed by atoms with E-state index in [2.05, 4.69) is 25.7 Å². The van der Waals surface area contributed by atoms with Crippen LogP contribution in [0.4, 0.5) is 4.39 Å². The zero-order valence-electron chi connectivity index (χ0n) is 14.1. The third-order valence-electron chi connectivity index (χ3n) is 3.47. The fraction of sp³-hybridized carbons (Fsp3) is 0.368. The summed E-state index contributed by atoms with van der Waals surface area (Å²) in [6.45, 7) is 10.1. The molecule has 0 aliphatic heterocycles. The number of nitrogens with zero attached hydrogens (tertiary/aromatic N) is 1. The minimum Gasteiger partial charge on any atom is -0.304 e. The lowest BCUT2D eigenvalue weighted by atomic mass is 10.2. The summed E-state index contributed by atoms with van der Waals surface area (Å²) < 4.78 is 12.7. The predicted molar refractivity (Wildman–Crippen MR) is 101 cm³/mol. The molecule has 0 saturated carbocycles. The van der Waals surface area contributed by atoms with Crippen LogP contribution in [0, 0.1) is 5.82 Å². The number of thioether (sulfide) groups is 1. The minimum absolute atomic E-state index is 0.194. The first kappa shape index (κ1) is 20.0. The summed E-state index contributed by atoms with van der Waals surface area (Å²) in [6, 6.07) is 14.3. The van der Waals surface area contributed by atoms with Gasteiger partial charge in [0.25, 0.3) is 0 Å². The van der Waals surface area contributed by atoms with Crippen LogP contribution >= 0.6 is 23.4 Å². The highest BCUT2D eigenvalue weighted by atomic mass is 35.5. The molecule has 0 aliphatic rings. The van der Waals surface area contributed by atoms with Gasteiger partial charge in [0.2, 0.25) is 0 Å². The van der Waals surface area contributed by atoms with Crippen LogP contribution in [0.3, 0.4) is 0 Å². The number of rotatable bonds is 6. The van der Waals surface area contributed by atoms with E-state index in [1.807, 2.05) is 24.3 Å². The lowest BCUT2D eigenvalue weighted by Crippen LogP contribution is -2.21. The number of hydrogen-bond donors (Lipinski definition) is 0. The molecule has 2 aromatic rings. The van der Waals surface area contributed by atoms with Crippen LogP contribution in [-0.4, -0.2) is 24.5 Å². The molecule has 0 N–H and O–H groups in total. The van der Waals surface area contributed by atoms with Gasteiger partial charge in [0.05, 0.1) is 0 Å². The van der Waals surface area contributed by atoms with Crippen molar-refractivity contribution in [2.45, 2.75) is 31.4 Å². The van der Waals surface area contributed by atoms with Crippen LogP contribution in [0.2, 0.25) is 5.02 Å². The van der Waals surface area contributed by atoms with Crippen molar-refractivity contribution in [3.8, 4) is 0 Å². The first-order valence-corrected chi connectivity index (χ1v) is 9.30. The zero-order valence-corrected chi connectivity index (χ0v) is 15.6. The van der Waals surface area contributed by atoms with Crippen LogP contribution in [0.25, 0.3) is 0 Å². The average molecular weight is 354 g/mol. The molecule has 0 atom stereocenters. The Morgan fingerprint density at radius 3 is 1.83 bits per heavy atom. The Hall–Kier alpha value is -1.03. The van der Waals surface area contributed by atoms with Crippen molar-refractivity contribution in [3.63, 3.8) is 0 Å². The molecular weight excluding hydrogens is 329 g/mol. The number of halogens is 2. The van der Waals surface area contributed by atoms with E-state index in [9.17, 15) is 4.39 Å². The Labute approximate surface area is 148 Å². The summed E-state index contributed by atoms with van der Waals surface area (Å²) in [5.74, 6) is 0.641. The maximum absolute atomic E-state index is 12.7. The van der Waals surface area contributed by atoms with Gasteiger partial charge in [0.1, 0.15) is 5.82 Å². The summed E-state index contributed by atoms with van der Waals surface area (Å²) in [7, 11) is 0. The molecule has 0 radical (unpaired) electrons. The summed E-state index contributed by atoms with van der Waals surface area (Å²) in [6.07, 6.45) is 0. The Kier molecular flexibility index (Phi) is 10.0. The molecule has 1 nitrogen and oxygen atoms in total. The van der Waals surface area contributed by atoms with Gasteiger partial charge in [0.15, 0.2) is 0 Å². The van der Waals surface area contributed by atoms with E-state index in [1.54, 1.807) is 23.9 Å². The van der Waals surface area contributed by atoms with Crippen molar-refractivity contribution in [2.75, 3.05) is 19.6 Å². The predicted octanol–water partition coefficient (Wildman–Crippen LogP) is 6.12. The highest BCUT2D eigenvalue weighted by Crippen LogP contribution is 2.24. The van der Waals surface area contributed by atoms with Crippen LogP contribution in [0.5, 0.6) is 0 Å². The van der Waals surface area contributed by atoms with Crippen molar-refractivity contribution in [3.05, 3.63) is 64.9 Å². The van der Waals surface area contributed by atoms with E-state index < -0.39 is 0 Å². The van der Waals surface area contributed by atoms with E-state index in [4.69, 9.17) is 11.6 Å². The fourth-order valence-electron chi connectivity index (χ4n) is 1.95. The van der Waals surface area contributed by atoms with E-state index in [1.165, 1.54) is 31.8 Å². The quantitative estimate of drug-likeness (QED) is 0.575. The highest BCUT2D eigenvalue weighted by molar-refractivity contribution is 7.98. The van der Waals surface area contributed by atoms with Gasteiger partial charge in [-0.25, -0.2) is 4.39 Å². The third-order valence-corrected chi connectivity index (χ3v) is 4.81. The van der Waals surface area contributed by atoms with Gasteiger partial charge >= 0.3 is 0 Å². The van der Waals surface area contributed by atoms with Crippen molar-refractivity contribution >= 4 is 23.4 Å². The molecule has 0 saturated heterocycles. The normalized spacial score (nSPS) is 10.3. The molecule has 23 heavy (non-hydrogen) atoms. The summed E-state index contributed by atoms with van der Waals surface area (Å²) in [5.41, 5.74) is 1.11. The van der Waals surface area contributed by atoms with Crippen LogP contribution in [-0.2, 0) is 5.75 Å². The molecule has 0 spiro atoms. The Morgan fingerprint density at radius 1 is 0.870 bits per heavy atom. The molecule has 0 fully saturated rings. The number of benzene rings is 2. The van der Waals surface area contributed by atoms with Gasteiger partial charge < -0.3 is 4.90 Å². The maximum Gasteiger partial charge on any atom is 0.123 e. The molecule has 4 heteroatoms. The summed E-state index contributed by atoms with van der Waals surface area (Å²) in [4.78, 5) is 3.54. The largest absolute Gasteiger partial charge is 0.304 e. The standard InChI is InChI=1S/C13H10ClFS.C6H15N/c14-11-3-7-13(8-4-11)16-9-10-1-5-12(15)6-2-10;1-4-7(5-2)6-3/h1-8H,9H2;4-6H2,1-3H3. The summed E-state index contributed by atoms with van der Waals surface area (Å²) >= 11 is 7.50. The van der Waals surface area contributed by atoms with Crippen LogP contribution < -0.4 is 0 Å². The van der Waals surface area contributed by atoms with Gasteiger partial charge in [0, 0.05) is 15.7 Å². The smallest absolute Gasteiger partial charge is 0.123 e. The fourth-order valence-corrected chi connectivity index (χ4v) is 2.93. The third kappa shape index (κ3) is 8.40. The molecule has 2 rings (SSSR count). The first-order valence-electron chi connectivity index (χ1n) is 7.94. The van der Waals surface area contributed by atoms with Gasteiger partial charge in [-0.2, -0.15) is 0 Å². The molecule has 0 amide bonds. The van der Waals surface area contributed by atoms with Gasteiger partial charge in [-0.3, -0.25) is 0 Å². The van der Waals surface area contributed by atoms with Crippen molar-refractivity contribution in [2.24, 2.45) is 0 Å². The summed E-state index contributed by atoms with van der Waals surface area (Å²) in [5, 5.41) is 0.742. The van der Waals surface area contributed by atoms with E-state index in [-0.39, 0.29) is 5.82 Å². The molecule has 2 aromatic carbocycles. The van der Waals surface area contributed by atoms with Crippen molar-refractivity contribution in [1.29, 1.82) is 0 Å². The van der Waals surface area contributed by atoms with Crippen molar-refractivity contribution < 1.29 is 4.39 Å². The van der Waals surface area contributed by atoms with Crippen LogP contribution in [0.15, 0.2) is 53.4 Å².